The van der Waals surface area contributed by atoms with Gasteiger partial charge in [0.1, 0.15) is 5.75 Å². The van der Waals surface area contributed by atoms with E-state index in [0.717, 1.165) is 24.3 Å². The van der Waals surface area contributed by atoms with E-state index < -0.39 is 0 Å². The first-order valence-corrected chi connectivity index (χ1v) is 5.55. The van der Waals surface area contributed by atoms with Crippen molar-refractivity contribution in [3.05, 3.63) is 29.6 Å². The molecule has 0 saturated heterocycles. The number of aromatic nitrogens is 2. The highest BCUT2D eigenvalue weighted by Crippen LogP contribution is 2.29. The number of hydrogen-bond acceptors (Lipinski definition) is 4. The second-order valence-corrected chi connectivity index (χ2v) is 3.84. The molecule has 5 heteroatoms. The summed E-state index contributed by atoms with van der Waals surface area (Å²) >= 11 is 5.62. The van der Waals surface area contributed by atoms with Crippen LogP contribution in [-0.2, 0) is 12.3 Å². The Kier molecular flexibility index (Phi) is 2.29. The van der Waals surface area contributed by atoms with Crippen molar-refractivity contribution in [2.24, 2.45) is 0 Å². The molecule has 4 nitrogen and oxygen atoms in total. The third-order valence-corrected chi connectivity index (χ3v) is 2.76. The van der Waals surface area contributed by atoms with Crippen LogP contribution in [0.5, 0.6) is 5.75 Å². The van der Waals surface area contributed by atoms with Crippen LogP contribution in [0.25, 0.3) is 11.5 Å². The van der Waals surface area contributed by atoms with Gasteiger partial charge in [-0.25, -0.2) is 0 Å². The molecule has 2 heterocycles. The first-order valence-electron chi connectivity index (χ1n) is 5.01. The molecule has 82 valence electrons. The summed E-state index contributed by atoms with van der Waals surface area (Å²) in [6, 6.07) is 5.87. The van der Waals surface area contributed by atoms with Crippen molar-refractivity contribution >= 4 is 11.6 Å². The van der Waals surface area contributed by atoms with Crippen LogP contribution in [0, 0.1) is 0 Å². The van der Waals surface area contributed by atoms with Gasteiger partial charge in [0, 0.05) is 12.0 Å². The fourth-order valence-electron chi connectivity index (χ4n) is 1.75. The summed E-state index contributed by atoms with van der Waals surface area (Å²) in [5, 5.41) is 3.76. The average Bonchev–Trinajstić information content (AvgIpc) is 2.96. The Hall–Kier alpha value is -1.55. The Labute approximate surface area is 97.2 Å². The number of alkyl halides is 1. The van der Waals surface area contributed by atoms with Gasteiger partial charge in [0.05, 0.1) is 12.5 Å². The highest BCUT2D eigenvalue weighted by molar-refractivity contribution is 6.16. The first-order chi connectivity index (χ1) is 7.86. The summed E-state index contributed by atoms with van der Waals surface area (Å²) in [5.74, 6) is 2.22. The molecular weight excluding hydrogens is 228 g/mol. The highest BCUT2D eigenvalue weighted by atomic mass is 35.5. The van der Waals surface area contributed by atoms with E-state index in [2.05, 4.69) is 10.1 Å². The normalized spacial score (nSPS) is 13.6. The molecule has 1 aromatic carbocycles. The second-order valence-electron chi connectivity index (χ2n) is 3.57. The minimum Gasteiger partial charge on any atom is -0.493 e. The van der Waals surface area contributed by atoms with E-state index >= 15 is 0 Å². The Bertz CT molecular complexity index is 524. The molecule has 16 heavy (non-hydrogen) atoms. The standard InChI is InChI=1S/C11H9ClN2O2/c12-6-10-13-11(16-14-10)8-1-2-9-7(5-8)3-4-15-9/h1-2,5H,3-4,6H2. The Morgan fingerprint density at radius 3 is 3.12 bits per heavy atom. The van der Waals surface area contributed by atoms with E-state index in [-0.39, 0.29) is 5.88 Å². The molecule has 1 aromatic heterocycles. The largest absolute Gasteiger partial charge is 0.493 e. The number of fused-ring (bicyclic) bond motifs is 1. The molecule has 0 fully saturated rings. The molecule has 3 rings (SSSR count). The molecule has 1 aliphatic rings. The lowest BCUT2D eigenvalue weighted by atomic mass is 10.1. The van der Waals surface area contributed by atoms with Gasteiger partial charge in [-0.1, -0.05) is 5.16 Å². The maximum absolute atomic E-state index is 5.62. The van der Waals surface area contributed by atoms with E-state index in [0.29, 0.717) is 11.7 Å². The fraction of sp³-hybridized carbons (Fsp3) is 0.273. The Balaban J connectivity index is 2.00. The van der Waals surface area contributed by atoms with Crippen LogP contribution in [0.3, 0.4) is 0 Å². The third kappa shape index (κ3) is 1.55. The lowest BCUT2D eigenvalue weighted by Crippen LogP contribution is -1.85. The van der Waals surface area contributed by atoms with Gasteiger partial charge in [-0.15, -0.1) is 11.6 Å². The zero-order chi connectivity index (χ0) is 11.0. The van der Waals surface area contributed by atoms with Gasteiger partial charge in [0.15, 0.2) is 5.82 Å². The number of nitrogens with zero attached hydrogens (tertiary/aromatic N) is 2. The van der Waals surface area contributed by atoms with Gasteiger partial charge in [0.2, 0.25) is 0 Å². The molecule has 0 atom stereocenters. The van der Waals surface area contributed by atoms with Gasteiger partial charge in [-0.2, -0.15) is 4.98 Å². The number of benzene rings is 1. The predicted octanol–water partition coefficient (Wildman–Crippen LogP) is 2.41. The predicted molar refractivity (Wildman–Crippen MR) is 58.5 cm³/mol. The van der Waals surface area contributed by atoms with Gasteiger partial charge in [-0.3, -0.25) is 0 Å². The number of ether oxygens (including phenoxy) is 1. The van der Waals surface area contributed by atoms with Gasteiger partial charge >= 0.3 is 0 Å². The molecule has 0 saturated carbocycles. The summed E-state index contributed by atoms with van der Waals surface area (Å²) in [7, 11) is 0. The van der Waals surface area contributed by atoms with Crippen molar-refractivity contribution < 1.29 is 9.26 Å². The molecular formula is C11H9ClN2O2. The summed E-state index contributed by atoms with van der Waals surface area (Å²) < 4.78 is 10.5. The molecule has 0 radical (unpaired) electrons. The quantitative estimate of drug-likeness (QED) is 0.752. The maximum atomic E-state index is 5.62. The average molecular weight is 237 g/mol. The summed E-state index contributed by atoms with van der Waals surface area (Å²) in [4.78, 5) is 4.17. The van der Waals surface area contributed by atoms with Crippen molar-refractivity contribution in [1.82, 2.24) is 10.1 Å². The Morgan fingerprint density at radius 1 is 1.38 bits per heavy atom. The van der Waals surface area contributed by atoms with Crippen LogP contribution < -0.4 is 4.74 Å². The summed E-state index contributed by atoms with van der Waals surface area (Å²) in [5.41, 5.74) is 2.09. The van der Waals surface area contributed by atoms with Crippen LogP contribution >= 0.6 is 11.6 Å². The SMILES string of the molecule is ClCc1noc(-c2ccc3c(c2)CCO3)n1. The lowest BCUT2D eigenvalue weighted by molar-refractivity contribution is 0.357. The minimum absolute atomic E-state index is 0.261. The van der Waals surface area contributed by atoms with Crippen molar-refractivity contribution in [3.63, 3.8) is 0 Å². The van der Waals surface area contributed by atoms with Crippen molar-refractivity contribution in [1.29, 1.82) is 0 Å². The molecule has 0 bridgehead atoms. The van der Waals surface area contributed by atoms with E-state index in [1.54, 1.807) is 0 Å². The van der Waals surface area contributed by atoms with Crippen molar-refractivity contribution in [3.8, 4) is 17.2 Å². The number of hydrogen-bond donors (Lipinski definition) is 0. The van der Waals surface area contributed by atoms with Crippen LogP contribution in [0.15, 0.2) is 22.7 Å². The van der Waals surface area contributed by atoms with Crippen molar-refractivity contribution in [2.75, 3.05) is 6.61 Å². The molecule has 1 aliphatic heterocycles. The minimum atomic E-state index is 0.261. The van der Waals surface area contributed by atoms with Crippen LogP contribution in [0.2, 0.25) is 0 Å². The maximum Gasteiger partial charge on any atom is 0.257 e. The zero-order valence-corrected chi connectivity index (χ0v) is 9.20. The number of halogens is 1. The zero-order valence-electron chi connectivity index (χ0n) is 8.44. The Morgan fingerprint density at radius 2 is 2.31 bits per heavy atom. The molecule has 0 amide bonds. The third-order valence-electron chi connectivity index (χ3n) is 2.52. The van der Waals surface area contributed by atoms with Gasteiger partial charge in [-0.05, 0) is 23.8 Å². The lowest BCUT2D eigenvalue weighted by Gasteiger charge is -1.99. The highest BCUT2D eigenvalue weighted by Gasteiger charge is 2.15. The van der Waals surface area contributed by atoms with Crippen LogP contribution in [0.1, 0.15) is 11.4 Å². The fourth-order valence-corrected chi connectivity index (χ4v) is 1.85. The van der Waals surface area contributed by atoms with Crippen molar-refractivity contribution in [2.45, 2.75) is 12.3 Å². The second kappa shape index (κ2) is 3.79. The molecule has 0 spiro atoms. The topological polar surface area (TPSA) is 48.2 Å². The van der Waals surface area contributed by atoms with E-state index in [1.165, 1.54) is 5.56 Å². The summed E-state index contributed by atoms with van der Waals surface area (Å²) in [6.45, 7) is 0.746. The van der Waals surface area contributed by atoms with E-state index in [9.17, 15) is 0 Å². The molecule has 0 N–H and O–H groups in total. The van der Waals surface area contributed by atoms with Gasteiger partial charge in [0.25, 0.3) is 5.89 Å². The smallest absolute Gasteiger partial charge is 0.257 e. The summed E-state index contributed by atoms with van der Waals surface area (Å²) in [6.07, 6.45) is 0.930. The molecule has 2 aromatic rings. The van der Waals surface area contributed by atoms with Gasteiger partial charge < -0.3 is 9.26 Å². The number of rotatable bonds is 2. The van der Waals surface area contributed by atoms with Crippen LogP contribution in [0.4, 0.5) is 0 Å². The van der Waals surface area contributed by atoms with E-state index in [4.69, 9.17) is 20.9 Å². The first kappa shape index (κ1) is 9.66. The molecule has 0 aliphatic carbocycles. The van der Waals surface area contributed by atoms with Crippen LogP contribution in [-0.4, -0.2) is 16.7 Å². The molecule has 0 unspecified atom stereocenters. The van der Waals surface area contributed by atoms with E-state index in [1.807, 2.05) is 18.2 Å². The monoisotopic (exact) mass is 236 g/mol.